The Bertz CT molecular complexity index is 340. The Hall–Kier alpha value is -1.08. The van der Waals surface area contributed by atoms with Crippen LogP contribution in [0.25, 0.3) is 0 Å². The quantitative estimate of drug-likeness (QED) is 0.829. The monoisotopic (exact) mass is 270 g/mol. The van der Waals surface area contributed by atoms with Crippen molar-refractivity contribution in [3.8, 4) is 6.07 Å². The largest absolute Gasteiger partial charge is 0.382 e. The van der Waals surface area contributed by atoms with Gasteiger partial charge in [0.15, 0.2) is 0 Å². The summed E-state index contributed by atoms with van der Waals surface area (Å²) >= 11 is 3.28. The van der Waals surface area contributed by atoms with E-state index in [-0.39, 0.29) is 5.82 Å². The molecule has 80 valence electrons. The van der Waals surface area contributed by atoms with Crippen molar-refractivity contribution < 1.29 is 4.39 Å². The Labute approximate surface area is 97.2 Å². The summed E-state index contributed by atoms with van der Waals surface area (Å²) in [6, 6.07) is 6.94. The van der Waals surface area contributed by atoms with Crippen molar-refractivity contribution in [2.45, 2.75) is 19.3 Å². The molecule has 0 spiro atoms. The number of nitriles is 1. The first-order valence-corrected chi connectivity index (χ1v) is 5.60. The fourth-order valence-electron chi connectivity index (χ4n) is 1.21. The molecule has 0 amide bonds. The summed E-state index contributed by atoms with van der Waals surface area (Å²) in [4.78, 5) is 0. The summed E-state index contributed by atoms with van der Waals surface area (Å²) < 4.78 is 14.0. The minimum atomic E-state index is -0.260. The fraction of sp³-hybridized carbons (Fsp3) is 0.364. The average molecular weight is 271 g/mol. The average Bonchev–Trinajstić information content (AvgIpc) is 2.21. The first kappa shape index (κ1) is 12.0. The third kappa shape index (κ3) is 3.88. The van der Waals surface area contributed by atoms with E-state index in [1.165, 1.54) is 6.07 Å². The zero-order valence-corrected chi connectivity index (χ0v) is 9.85. The molecule has 1 aromatic carbocycles. The van der Waals surface area contributed by atoms with Gasteiger partial charge in [0.05, 0.1) is 11.8 Å². The van der Waals surface area contributed by atoms with E-state index in [0.29, 0.717) is 18.7 Å². The van der Waals surface area contributed by atoms with Gasteiger partial charge in [0, 0.05) is 17.4 Å². The second kappa shape index (κ2) is 6.41. The smallest absolute Gasteiger partial charge is 0.147 e. The van der Waals surface area contributed by atoms with Crippen LogP contribution in [-0.4, -0.2) is 6.54 Å². The van der Waals surface area contributed by atoms with Crippen LogP contribution < -0.4 is 5.32 Å². The molecule has 15 heavy (non-hydrogen) atoms. The summed E-state index contributed by atoms with van der Waals surface area (Å²) in [5.74, 6) is -0.260. The van der Waals surface area contributed by atoms with Gasteiger partial charge in [-0.1, -0.05) is 6.07 Å². The van der Waals surface area contributed by atoms with Crippen LogP contribution in [0.5, 0.6) is 0 Å². The molecular weight excluding hydrogens is 259 g/mol. The molecule has 0 aliphatic rings. The lowest BCUT2D eigenvalue weighted by atomic mass is 10.2. The maximum atomic E-state index is 13.3. The van der Waals surface area contributed by atoms with Crippen molar-refractivity contribution >= 4 is 21.6 Å². The second-order valence-corrected chi connectivity index (χ2v) is 3.99. The van der Waals surface area contributed by atoms with Crippen LogP contribution in [0, 0.1) is 17.1 Å². The Morgan fingerprint density at radius 1 is 1.40 bits per heavy atom. The standard InChI is InChI=1S/C11H12BrFN2/c12-9-5-4-6-10(13)11(9)15-8-3-1-2-7-14/h4-6,15H,1-3,8H2. The Morgan fingerprint density at radius 2 is 2.20 bits per heavy atom. The molecule has 0 heterocycles. The van der Waals surface area contributed by atoms with Crippen molar-refractivity contribution in [1.29, 1.82) is 5.26 Å². The minimum Gasteiger partial charge on any atom is -0.382 e. The van der Waals surface area contributed by atoms with Gasteiger partial charge in [-0.3, -0.25) is 0 Å². The van der Waals surface area contributed by atoms with E-state index in [0.717, 1.165) is 17.3 Å². The molecule has 0 aliphatic heterocycles. The zero-order valence-electron chi connectivity index (χ0n) is 8.26. The minimum absolute atomic E-state index is 0.260. The summed E-state index contributed by atoms with van der Waals surface area (Å²) in [5.41, 5.74) is 0.495. The number of nitrogens with one attached hydrogen (secondary N) is 1. The molecule has 1 N–H and O–H groups in total. The zero-order chi connectivity index (χ0) is 11.1. The molecule has 0 radical (unpaired) electrons. The summed E-state index contributed by atoms with van der Waals surface area (Å²) in [6.07, 6.45) is 2.27. The van der Waals surface area contributed by atoms with Crippen molar-refractivity contribution in [3.05, 3.63) is 28.5 Å². The van der Waals surface area contributed by atoms with Crippen molar-refractivity contribution in [2.75, 3.05) is 11.9 Å². The molecule has 0 aliphatic carbocycles. The van der Waals surface area contributed by atoms with Gasteiger partial charge in [-0.25, -0.2) is 4.39 Å². The van der Waals surface area contributed by atoms with E-state index >= 15 is 0 Å². The lowest BCUT2D eigenvalue weighted by Crippen LogP contribution is -2.03. The van der Waals surface area contributed by atoms with Crippen molar-refractivity contribution in [3.63, 3.8) is 0 Å². The predicted molar refractivity (Wildman–Crippen MR) is 62.1 cm³/mol. The van der Waals surface area contributed by atoms with Gasteiger partial charge in [0.25, 0.3) is 0 Å². The summed E-state index contributed by atoms with van der Waals surface area (Å²) in [5, 5.41) is 11.3. The summed E-state index contributed by atoms with van der Waals surface area (Å²) in [7, 11) is 0. The topological polar surface area (TPSA) is 35.8 Å². The molecule has 0 unspecified atom stereocenters. The molecule has 0 bridgehead atoms. The highest BCUT2D eigenvalue weighted by molar-refractivity contribution is 9.10. The predicted octanol–water partition coefficient (Wildman–Crippen LogP) is 3.69. The Kier molecular flexibility index (Phi) is 5.13. The number of hydrogen-bond donors (Lipinski definition) is 1. The highest BCUT2D eigenvalue weighted by atomic mass is 79.9. The van der Waals surface area contributed by atoms with Gasteiger partial charge in [-0.15, -0.1) is 0 Å². The molecule has 0 fully saturated rings. The van der Waals surface area contributed by atoms with Crippen LogP contribution >= 0.6 is 15.9 Å². The van der Waals surface area contributed by atoms with Gasteiger partial charge in [0.1, 0.15) is 5.82 Å². The third-order valence-corrected chi connectivity index (χ3v) is 2.64. The van der Waals surface area contributed by atoms with Crippen molar-refractivity contribution in [2.24, 2.45) is 0 Å². The molecule has 0 atom stereocenters. The van der Waals surface area contributed by atoms with Gasteiger partial charge < -0.3 is 5.32 Å². The number of anilines is 1. The van der Waals surface area contributed by atoms with Crippen LogP contribution in [0.1, 0.15) is 19.3 Å². The molecule has 0 saturated heterocycles. The normalized spacial score (nSPS) is 9.67. The molecule has 0 aromatic heterocycles. The molecule has 1 aromatic rings. The lowest BCUT2D eigenvalue weighted by Gasteiger charge is -2.08. The number of rotatable bonds is 5. The van der Waals surface area contributed by atoms with E-state index < -0.39 is 0 Å². The Balaban J connectivity index is 2.41. The highest BCUT2D eigenvalue weighted by Gasteiger charge is 2.04. The van der Waals surface area contributed by atoms with Crippen LogP contribution in [0.15, 0.2) is 22.7 Å². The maximum absolute atomic E-state index is 13.3. The number of para-hydroxylation sites is 1. The van der Waals surface area contributed by atoms with E-state index in [1.54, 1.807) is 12.1 Å². The van der Waals surface area contributed by atoms with Crippen LogP contribution in [0.2, 0.25) is 0 Å². The first-order valence-electron chi connectivity index (χ1n) is 4.80. The number of halogens is 2. The Morgan fingerprint density at radius 3 is 2.87 bits per heavy atom. The molecular formula is C11H12BrFN2. The maximum Gasteiger partial charge on any atom is 0.147 e. The van der Waals surface area contributed by atoms with Crippen LogP contribution in [-0.2, 0) is 0 Å². The molecule has 0 saturated carbocycles. The number of hydrogen-bond acceptors (Lipinski definition) is 2. The third-order valence-electron chi connectivity index (χ3n) is 1.98. The van der Waals surface area contributed by atoms with Gasteiger partial charge in [-0.05, 0) is 40.9 Å². The van der Waals surface area contributed by atoms with E-state index in [9.17, 15) is 4.39 Å². The van der Waals surface area contributed by atoms with Crippen LogP contribution in [0.4, 0.5) is 10.1 Å². The highest BCUT2D eigenvalue weighted by Crippen LogP contribution is 2.24. The molecule has 1 rings (SSSR count). The number of benzene rings is 1. The summed E-state index contributed by atoms with van der Waals surface area (Å²) in [6.45, 7) is 0.682. The lowest BCUT2D eigenvalue weighted by molar-refractivity contribution is 0.628. The van der Waals surface area contributed by atoms with Crippen molar-refractivity contribution in [1.82, 2.24) is 0 Å². The number of unbranched alkanes of at least 4 members (excludes halogenated alkanes) is 2. The molecule has 2 nitrogen and oxygen atoms in total. The second-order valence-electron chi connectivity index (χ2n) is 3.14. The van der Waals surface area contributed by atoms with Gasteiger partial charge >= 0.3 is 0 Å². The fourth-order valence-corrected chi connectivity index (χ4v) is 1.69. The number of nitrogens with zero attached hydrogens (tertiary/aromatic N) is 1. The van der Waals surface area contributed by atoms with E-state index in [1.807, 2.05) is 0 Å². The van der Waals surface area contributed by atoms with E-state index in [2.05, 4.69) is 27.3 Å². The SMILES string of the molecule is N#CCCCCNc1c(F)cccc1Br. The van der Waals surface area contributed by atoms with Gasteiger partial charge in [0.2, 0.25) is 0 Å². The van der Waals surface area contributed by atoms with Gasteiger partial charge in [-0.2, -0.15) is 5.26 Å². The van der Waals surface area contributed by atoms with E-state index in [4.69, 9.17) is 5.26 Å². The van der Waals surface area contributed by atoms with Crippen LogP contribution in [0.3, 0.4) is 0 Å². The molecule has 4 heteroatoms. The first-order chi connectivity index (χ1) is 7.25.